The summed E-state index contributed by atoms with van der Waals surface area (Å²) in [7, 11) is -2.14. The number of nitrogens with two attached hydrogens (primary N) is 1. The van der Waals surface area contributed by atoms with Crippen LogP contribution in [-0.2, 0) is 16.8 Å². The number of pyridine rings is 1. The highest BCUT2D eigenvalue weighted by Crippen LogP contribution is 2.34. The van der Waals surface area contributed by atoms with Crippen LogP contribution in [0.4, 0.5) is 11.5 Å². The Labute approximate surface area is 164 Å². The molecule has 4 rings (SSSR count). The highest BCUT2D eigenvalue weighted by molar-refractivity contribution is 7.90. The van der Waals surface area contributed by atoms with Gasteiger partial charge in [-0.15, -0.1) is 0 Å². The molecule has 1 aromatic heterocycles. The molecule has 28 heavy (non-hydrogen) atoms. The molecule has 146 valence electrons. The first-order valence-electron chi connectivity index (χ1n) is 9.04. The van der Waals surface area contributed by atoms with Crippen molar-refractivity contribution in [3.63, 3.8) is 0 Å². The predicted molar refractivity (Wildman–Crippen MR) is 111 cm³/mol. The summed E-state index contributed by atoms with van der Waals surface area (Å²) in [6.45, 7) is 0.585. The molecule has 3 N–H and O–H groups in total. The fraction of sp³-hybridized carbons (Fsp3) is 0.250. The normalized spacial score (nSPS) is 14.1. The van der Waals surface area contributed by atoms with Gasteiger partial charge in [-0.05, 0) is 49.2 Å². The van der Waals surface area contributed by atoms with Gasteiger partial charge in [-0.2, -0.15) is 8.42 Å². The molecule has 0 bridgehead atoms. The Balaban J connectivity index is 1.57. The zero-order valence-corrected chi connectivity index (χ0v) is 16.3. The van der Waals surface area contributed by atoms with E-state index in [4.69, 9.17) is 9.88 Å². The molecule has 1 saturated carbocycles. The molecule has 0 radical (unpaired) electrons. The molecule has 0 atom stereocenters. The molecule has 0 aliphatic heterocycles. The second kappa shape index (κ2) is 7.29. The number of hydrogen-bond acceptors (Lipinski definition) is 5. The SMILES string of the molecule is COc1ccccc1CNc1ccc2cc(N(C3CC3)S(N)(=O)=O)ccc2n1. The second-order valence-electron chi connectivity index (χ2n) is 6.81. The van der Waals surface area contributed by atoms with Crippen molar-refractivity contribution in [3.05, 3.63) is 60.2 Å². The molecule has 1 fully saturated rings. The van der Waals surface area contributed by atoms with E-state index in [1.807, 2.05) is 48.5 Å². The number of anilines is 2. The van der Waals surface area contributed by atoms with E-state index < -0.39 is 10.2 Å². The Bertz CT molecular complexity index is 1110. The minimum absolute atomic E-state index is 0.0396. The lowest BCUT2D eigenvalue weighted by molar-refractivity contribution is 0.410. The van der Waals surface area contributed by atoms with Crippen LogP contribution in [0.2, 0.25) is 0 Å². The van der Waals surface area contributed by atoms with Crippen molar-refractivity contribution in [3.8, 4) is 5.75 Å². The minimum atomic E-state index is -3.79. The molecule has 1 heterocycles. The second-order valence-corrected chi connectivity index (χ2v) is 8.23. The lowest BCUT2D eigenvalue weighted by atomic mass is 10.2. The molecule has 1 aliphatic rings. The van der Waals surface area contributed by atoms with Crippen LogP contribution in [0.5, 0.6) is 5.75 Å². The standard InChI is InChI=1S/C20H22N4O3S/c1-27-19-5-3-2-4-15(19)13-22-20-11-6-14-12-17(9-10-18(14)23-20)24(16-7-8-16)28(21,25)26/h2-6,9-12,16H,7-8,13H2,1H3,(H,22,23)(H2,21,25,26). The third-order valence-electron chi connectivity index (χ3n) is 4.73. The van der Waals surface area contributed by atoms with E-state index in [9.17, 15) is 8.42 Å². The highest BCUT2D eigenvalue weighted by Gasteiger charge is 2.35. The maximum atomic E-state index is 11.9. The Morgan fingerprint density at radius 1 is 1.18 bits per heavy atom. The summed E-state index contributed by atoms with van der Waals surface area (Å²) in [5.74, 6) is 1.56. The van der Waals surface area contributed by atoms with Crippen LogP contribution in [0, 0.1) is 0 Å². The first kappa shape index (κ1) is 18.5. The lowest BCUT2D eigenvalue weighted by Gasteiger charge is -2.21. The molecule has 3 aromatic rings. The largest absolute Gasteiger partial charge is 0.496 e. The number of para-hydroxylation sites is 1. The van der Waals surface area contributed by atoms with Gasteiger partial charge in [-0.25, -0.2) is 10.1 Å². The van der Waals surface area contributed by atoms with Crippen LogP contribution in [0.15, 0.2) is 54.6 Å². The number of rotatable bonds is 7. The summed E-state index contributed by atoms with van der Waals surface area (Å²) in [6.07, 6.45) is 1.66. The number of benzene rings is 2. The number of aromatic nitrogens is 1. The van der Waals surface area contributed by atoms with Gasteiger partial charge in [0.05, 0.1) is 18.3 Å². The van der Waals surface area contributed by atoms with E-state index in [-0.39, 0.29) is 6.04 Å². The van der Waals surface area contributed by atoms with Crippen LogP contribution in [0.3, 0.4) is 0 Å². The number of nitrogens with one attached hydrogen (secondary N) is 1. The molecule has 1 aliphatic carbocycles. The lowest BCUT2D eigenvalue weighted by Crippen LogP contribution is -2.38. The average molecular weight is 398 g/mol. The minimum Gasteiger partial charge on any atom is -0.496 e. The summed E-state index contributed by atoms with van der Waals surface area (Å²) >= 11 is 0. The Morgan fingerprint density at radius 3 is 2.68 bits per heavy atom. The highest BCUT2D eigenvalue weighted by atomic mass is 32.2. The Hall–Kier alpha value is -2.84. The summed E-state index contributed by atoms with van der Waals surface area (Å²) in [5.41, 5.74) is 2.39. The van der Waals surface area contributed by atoms with E-state index in [1.165, 1.54) is 4.31 Å². The van der Waals surface area contributed by atoms with Crippen molar-refractivity contribution in [2.45, 2.75) is 25.4 Å². The zero-order valence-electron chi connectivity index (χ0n) is 15.5. The van der Waals surface area contributed by atoms with Gasteiger partial charge in [0.2, 0.25) is 0 Å². The monoisotopic (exact) mass is 398 g/mol. The fourth-order valence-electron chi connectivity index (χ4n) is 3.26. The average Bonchev–Trinajstić information content (AvgIpc) is 3.50. The van der Waals surface area contributed by atoms with E-state index in [0.29, 0.717) is 12.2 Å². The van der Waals surface area contributed by atoms with Crippen LogP contribution in [0.1, 0.15) is 18.4 Å². The van der Waals surface area contributed by atoms with Crippen molar-refractivity contribution in [1.82, 2.24) is 4.98 Å². The number of ether oxygens (including phenoxy) is 1. The van der Waals surface area contributed by atoms with E-state index in [2.05, 4.69) is 10.3 Å². The molecule has 8 heteroatoms. The molecule has 0 unspecified atom stereocenters. The molecule has 0 spiro atoms. The van der Waals surface area contributed by atoms with Crippen molar-refractivity contribution >= 4 is 32.6 Å². The van der Waals surface area contributed by atoms with E-state index in [0.717, 1.165) is 40.9 Å². The molecule has 0 amide bonds. The fourth-order valence-corrected chi connectivity index (χ4v) is 4.29. The summed E-state index contributed by atoms with van der Waals surface area (Å²) < 4.78 is 30.6. The van der Waals surface area contributed by atoms with E-state index in [1.54, 1.807) is 13.2 Å². The van der Waals surface area contributed by atoms with Crippen LogP contribution in [-0.4, -0.2) is 26.6 Å². The maximum absolute atomic E-state index is 11.9. The number of nitrogens with zero attached hydrogens (tertiary/aromatic N) is 2. The van der Waals surface area contributed by atoms with Gasteiger partial charge >= 0.3 is 0 Å². The van der Waals surface area contributed by atoms with Crippen molar-refractivity contribution in [2.75, 3.05) is 16.7 Å². The summed E-state index contributed by atoms with van der Waals surface area (Å²) in [4.78, 5) is 4.62. The van der Waals surface area contributed by atoms with Crippen molar-refractivity contribution < 1.29 is 13.2 Å². The molecule has 2 aromatic carbocycles. The first-order chi connectivity index (χ1) is 13.5. The Kier molecular flexibility index (Phi) is 4.82. The van der Waals surface area contributed by atoms with Gasteiger partial charge in [0.15, 0.2) is 0 Å². The number of methoxy groups -OCH3 is 1. The first-order valence-corrected chi connectivity index (χ1v) is 10.5. The number of fused-ring (bicyclic) bond motifs is 1. The summed E-state index contributed by atoms with van der Waals surface area (Å²) in [5, 5.41) is 9.56. The molecule has 0 saturated heterocycles. The van der Waals surface area contributed by atoms with Gasteiger partial charge in [0, 0.05) is 23.5 Å². The van der Waals surface area contributed by atoms with Crippen LogP contribution in [0.25, 0.3) is 10.9 Å². The topological polar surface area (TPSA) is 97.5 Å². The van der Waals surface area contributed by atoms with Crippen LogP contribution >= 0.6 is 0 Å². The predicted octanol–water partition coefficient (Wildman–Crippen LogP) is 3.03. The van der Waals surface area contributed by atoms with Gasteiger partial charge in [-0.3, -0.25) is 4.31 Å². The quantitative estimate of drug-likeness (QED) is 0.638. The molecular formula is C20H22N4O3S. The van der Waals surface area contributed by atoms with Gasteiger partial charge in [-0.1, -0.05) is 18.2 Å². The van der Waals surface area contributed by atoms with Gasteiger partial charge < -0.3 is 10.1 Å². The third kappa shape index (κ3) is 3.88. The maximum Gasteiger partial charge on any atom is 0.299 e. The third-order valence-corrected chi connectivity index (χ3v) is 5.79. The zero-order chi connectivity index (χ0) is 19.7. The summed E-state index contributed by atoms with van der Waals surface area (Å²) in [6, 6.07) is 17.0. The molecule has 7 nitrogen and oxygen atoms in total. The Morgan fingerprint density at radius 2 is 1.96 bits per heavy atom. The van der Waals surface area contributed by atoms with Gasteiger partial charge in [0.1, 0.15) is 11.6 Å². The van der Waals surface area contributed by atoms with E-state index >= 15 is 0 Å². The molecular weight excluding hydrogens is 376 g/mol. The van der Waals surface area contributed by atoms with Crippen molar-refractivity contribution in [2.24, 2.45) is 5.14 Å². The van der Waals surface area contributed by atoms with Crippen LogP contribution < -0.4 is 19.5 Å². The smallest absolute Gasteiger partial charge is 0.299 e. The van der Waals surface area contributed by atoms with Gasteiger partial charge in [0.25, 0.3) is 10.2 Å². The number of hydrogen-bond donors (Lipinski definition) is 2. The van der Waals surface area contributed by atoms with Crippen molar-refractivity contribution in [1.29, 1.82) is 0 Å².